The summed E-state index contributed by atoms with van der Waals surface area (Å²) in [6.07, 6.45) is 0. The first-order chi connectivity index (χ1) is 2.77. The summed E-state index contributed by atoms with van der Waals surface area (Å²) >= 11 is 0. The van der Waals surface area contributed by atoms with Crippen LogP contribution < -0.4 is 0 Å². The second-order valence-corrected chi connectivity index (χ2v) is 1.53. The molecule has 3 heteroatoms. The molecule has 0 aliphatic heterocycles. The molecular weight excluding hydrogens is 197 g/mol. The van der Waals surface area contributed by atoms with Gasteiger partial charge in [0.25, 0.3) is 0 Å². The number of likely N-dealkylation sites (N-methyl/N-ethyl adjacent to an activating group) is 1. The maximum Gasteiger partial charge on any atom is 0.0558 e. The summed E-state index contributed by atoms with van der Waals surface area (Å²) in [4.78, 5) is 1.93. The van der Waals surface area contributed by atoms with Gasteiger partial charge in [0.05, 0.1) is 6.61 Å². The van der Waals surface area contributed by atoms with E-state index in [0.29, 0.717) is 0 Å². The van der Waals surface area contributed by atoms with Crippen LogP contribution in [0.2, 0.25) is 0 Å². The number of hydrogen-bond acceptors (Lipinski definition) is 2. The van der Waals surface area contributed by atoms with Crippen LogP contribution in [0, 0.1) is 0 Å². The summed E-state index contributed by atoms with van der Waals surface area (Å²) < 4.78 is 0. The zero-order valence-corrected chi connectivity index (χ0v) is 7.66. The number of aliphatic hydroxyl groups excluding tert-OH is 1. The minimum atomic E-state index is 0. The van der Waals surface area contributed by atoms with E-state index in [4.69, 9.17) is 5.11 Å². The Morgan fingerprint density at radius 2 is 1.86 bits per heavy atom. The molecular formula is C4H11NOSn. The first kappa shape index (κ1) is 10.7. The largest absolute Gasteiger partial charge is 0.395 e. The van der Waals surface area contributed by atoms with Crippen molar-refractivity contribution in [2.45, 2.75) is 0 Å². The van der Waals surface area contributed by atoms with Crippen molar-refractivity contribution in [3.63, 3.8) is 0 Å². The summed E-state index contributed by atoms with van der Waals surface area (Å²) in [6, 6.07) is 0. The number of aliphatic hydroxyl groups is 1. The van der Waals surface area contributed by atoms with Gasteiger partial charge in [-0.15, -0.1) is 0 Å². The maximum atomic E-state index is 8.20. The Hall–Kier alpha value is 0.719. The summed E-state index contributed by atoms with van der Waals surface area (Å²) in [7, 11) is 3.85. The fourth-order valence-corrected chi connectivity index (χ4v) is 0.200. The van der Waals surface area contributed by atoms with E-state index in [1.165, 1.54) is 0 Å². The summed E-state index contributed by atoms with van der Waals surface area (Å²) in [6.45, 7) is 1.02. The molecule has 0 bridgehead atoms. The van der Waals surface area contributed by atoms with Gasteiger partial charge in [-0.3, -0.25) is 0 Å². The first-order valence-corrected chi connectivity index (χ1v) is 2.03. The molecule has 0 amide bonds. The molecule has 1 N–H and O–H groups in total. The number of hydrogen-bond donors (Lipinski definition) is 1. The van der Waals surface area contributed by atoms with Gasteiger partial charge >= 0.3 is 0 Å². The molecule has 0 saturated carbocycles. The quantitative estimate of drug-likeness (QED) is 0.598. The molecule has 0 rings (SSSR count). The van der Waals surface area contributed by atoms with Gasteiger partial charge in [0.15, 0.2) is 0 Å². The Balaban J connectivity index is 0. The van der Waals surface area contributed by atoms with Crippen molar-refractivity contribution in [1.82, 2.24) is 4.90 Å². The van der Waals surface area contributed by atoms with Crippen molar-refractivity contribution >= 4 is 23.9 Å². The van der Waals surface area contributed by atoms with Crippen molar-refractivity contribution in [3.05, 3.63) is 0 Å². The van der Waals surface area contributed by atoms with Crippen molar-refractivity contribution in [2.24, 2.45) is 0 Å². The molecule has 0 unspecified atom stereocenters. The van der Waals surface area contributed by atoms with Crippen LogP contribution in [0.15, 0.2) is 0 Å². The molecule has 7 heavy (non-hydrogen) atoms. The van der Waals surface area contributed by atoms with Crippen LogP contribution in [0.1, 0.15) is 0 Å². The van der Waals surface area contributed by atoms with Crippen LogP contribution in [0.3, 0.4) is 0 Å². The van der Waals surface area contributed by atoms with Crippen molar-refractivity contribution in [3.8, 4) is 0 Å². The second-order valence-electron chi connectivity index (χ2n) is 1.53. The third-order valence-corrected chi connectivity index (χ3v) is 0.547. The average Bonchev–Trinajstić information content (AvgIpc) is 1.35. The minimum Gasteiger partial charge on any atom is -0.395 e. The Bertz CT molecular complexity index is 32.9. The van der Waals surface area contributed by atoms with E-state index in [1.54, 1.807) is 0 Å². The molecule has 4 radical (unpaired) electrons. The van der Waals surface area contributed by atoms with E-state index in [-0.39, 0.29) is 30.5 Å². The molecule has 0 heterocycles. The standard InChI is InChI=1S/C4H11NO.Sn/c1-5(2)3-4-6;/h6H,3-4H2,1-2H3;. The van der Waals surface area contributed by atoms with Gasteiger partial charge in [0.2, 0.25) is 0 Å². The van der Waals surface area contributed by atoms with Crippen LogP contribution in [0.4, 0.5) is 0 Å². The van der Waals surface area contributed by atoms with Crippen LogP contribution in [0.5, 0.6) is 0 Å². The fourth-order valence-electron chi connectivity index (χ4n) is 0.200. The minimum absolute atomic E-state index is 0. The van der Waals surface area contributed by atoms with Crippen molar-refractivity contribution in [1.29, 1.82) is 0 Å². The molecule has 0 aliphatic carbocycles. The molecule has 42 valence electrons. The maximum absolute atomic E-state index is 8.20. The fraction of sp³-hybridized carbons (Fsp3) is 1.00. The van der Waals surface area contributed by atoms with E-state index in [9.17, 15) is 0 Å². The molecule has 0 aromatic carbocycles. The van der Waals surface area contributed by atoms with Crippen LogP contribution >= 0.6 is 0 Å². The molecule has 0 saturated heterocycles. The number of rotatable bonds is 2. The Kier molecular flexibility index (Phi) is 10.2. The van der Waals surface area contributed by atoms with E-state index >= 15 is 0 Å². The number of nitrogens with zero attached hydrogens (tertiary/aromatic N) is 1. The molecule has 0 atom stereocenters. The zero-order valence-electron chi connectivity index (χ0n) is 4.81. The molecule has 0 fully saturated rings. The normalized spacial score (nSPS) is 8.57. The Morgan fingerprint density at radius 1 is 1.43 bits per heavy atom. The molecule has 0 aromatic heterocycles. The van der Waals surface area contributed by atoms with Gasteiger partial charge < -0.3 is 10.0 Å². The van der Waals surface area contributed by atoms with E-state index < -0.39 is 0 Å². The van der Waals surface area contributed by atoms with Crippen molar-refractivity contribution in [2.75, 3.05) is 27.2 Å². The SMILES string of the molecule is CN(C)CCO.[Sn]. The predicted octanol–water partition coefficient (Wildman–Crippen LogP) is -0.841. The Labute approximate surface area is 61.5 Å². The van der Waals surface area contributed by atoms with E-state index in [2.05, 4.69) is 0 Å². The smallest absolute Gasteiger partial charge is 0.0558 e. The van der Waals surface area contributed by atoms with E-state index in [0.717, 1.165) is 6.54 Å². The first-order valence-electron chi connectivity index (χ1n) is 2.03. The Morgan fingerprint density at radius 3 is 1.86 bits per heavy atom. The van der Waals surface area contributed by atoms with Crippen LogP contribution in [0.25, 0.3) is 0 Å². The second kappa shape index (κ2) is 6.72. The monoisotopic (exact) mass is 209 g/mol. The van der Waals surface area contributed by atoms with E-state index in [1.807, 2.05) is 19.0 Å². The average molecular weight is 208 g/mol. The van der Waals surface area contributed by atoms with Crippen molar-refractivity contribution < 1.29 is 5.11 Å². The van der Waals surface area contributed by atoms with Gasteiger partial charge in [0.1, 0.15) is 0 Å². The summed E-state index contributed by atoms with van der Waals surface area (Å²) in [5.41, 5.74) is 0. The van der Waals surface area contributed by atoms with Gasteiger partial charge in [0, 0.05) is 30.5 Å². The van der Waals surface area contributed by atoms with Crippen LogP contribution in [-0.2, 0) is 0 Å². The van der Waals surface area contributed by atoms with Gasteiger partial charge in [-0.05, 0) is 14.1 Å². The molecule has 0 spiro atoms. The molecule has 2 nitrogen and oxygen atoms in total. The van der Waals surface area contributed by atoms with Gasteiger partial charge in [-0.1, -0.05) is 0 Å². The molecule has 0 aromatic rings. The topological polar surface area (TPSA) is 23.5 Å². The zero-order chi connectivity index (χ0) is 4.99. The molecule has 0 aliphatic rings. The summed E-state index contributed by atoms with van der Waals surface area (Å²) in [5.74, 6) is 0. The third-order valence-electron chi connectivity index (χ3n) is 0.547. The van der Waals surface area contributed by atoms with Gasteiger partial charge in [-0.2, -0.15) is 0 Å². The predicted molar refractivity (Wildman–Crippen MR) is 31.4 cm³/mol. The van der Waals surface area contributed by atoms with Crippen LogP contribution in [-0.4, -0.2) is 61.2 Å². The summed E-state index contributed by atoms with van der Waals surface area (Å²) in [5, 5.41) is 8.20. The van der Waals surface area contributed by atoms with Gasteiger partial charge in [-0.25, -0.2) is 0 Å². The third kappa shape index (κ3) is 10.8.